The van der Waals surface area contributed by atoms with Gasteiger partial charge in [-0.2, -0.15) is 0 Å². The Kier molecular flexibility index (Phi) is 4.86. The quantitative estimate of drug-likeness (QED) is 0.602. The van der Waals surface area contributed by atoms with E-state index in [1.165, 1.54) is 0 Å². The maximum atomic E-state index is 5.72. The summed E-state index contributed by atoms with van der Waals surface area (Å²) in [6, 6.07) is 5.43. The van der Waals surface area contributed by atoms with Gasteiger partial charge in [-0.05, 0) is 18.2 Å². The van der Waals surface area contributed by atoms with Crippen LogP contribution in [0.15, 0.2) is 18.2 Å². The standard InChI is InChI=1S/C7H7Cl2N.ClH/c8-6-1-5(4-10)2-7(9)3-6;/h1-3H,4,10H2;1H. The highest BCUT2D eigenvalue weighted by molar-refractivity contribution is 6.34. The predicted octanol–water partition coefficient (Wildman–Crippen LogP) is -1.26. The van der Waals surface area contributed by atoms with Crippen LogP contribution in [0.1, 0.15) is 5.56 Å². The van der Waals surface area contributed by atoms with E-state index in [1.54, 1.807) is 6.07 Å². The molecule has 0 spiro atoms. The summed E-state index contributed by atoms with van der Waals surface area (Å²) in [5.74, 6) is 0. The minimum atomic E-state index is 0. The van der Waals surface area contributed by atoms with E-state index in [-0.39, 0.29) is 12.4 Å². The minimum Gasteiger partial charge on any atom is -1.00 e. The Bertz CT molecular complexity index is 217. The van der Waals surface area contributed by atoms with Crippen LogP contribution < -0.4 is 18.1 Å². The molecule has 1 aromatic carbocycles. The van der Waals surface area contributed by atoms with Gasteiger partial charge in [0.05, 0.1) is 6.54 Å². The fourth-order valence-corrected chi connectivity index (χ4v) is 1.33. The molecule has 4 heteroatoms. The number of hydrogen-bond acceptors (Lipinski definition) is 0. The molecule has 3 N–H and O–H groups in total. The lowest BCUT2D eigenvalue weighted by atomic mass is 10.2. The number of hydrogen-bond donors (Lipinski definition) is 1. The molecule has 1 aromatic rings. The molecule has 0 heterocycles. The number of rotatable bonds is 1. The highest BCUT2D eigenvalue weighted by Gasteiger charge is 1.95. The van der Waals surface area contributed by atoms with Crippen molar-refractivity contribution in [1.82, 2.24) is 0 Å². The van der Waals surface area contributed by atoms with Gasteiger partial charge in [-0.25, -0.2) is 0 Å². The number of benzene rings is 1. The van der Waals surface area contributed by atoms with E-state index in [1.807, 2.05) is 12.1 Å². The van der Waals surface area contributed by atoms with E-state index >= 15 is 0 Å². The predicted molar refractivity (Wildman–Crippen MR) is 43.1 cm³/mol. The Morgan fingerprint density at radius 1 is 1.09 bits per heavy atom. The highest BCUT2D eigenvalue weighted by atomic mass is 35.5. The SMILES string of the molecule is [Cl-].[NH3+]Cc1cc(Cl)cc(Cl)c1. The van der Waals surface area contributed by atoms with Crippen LogP contribution in [0.2, 0.25) is 10.0 Å². The second-order valence-electron chi connectivity index (χ2n) is 2.03. The lowest BCUT2D eigenvalue weighted by Crippen LogP contribution is -3.00. The summed E-state index contributed by atoms with van der Waals surface area (Å²) in [5.41, 5.74) is 4.79. The molecule has 0 aromatic heterocycles. The van der Waals surface area contributed by atoms with Gasteiger partial charge >= 0.3 is 0 Å². The zero-order valence-electron chi connectivity index (χ0n) is 5.78. The smallest absolute Gasteiger partial charge is 0.0998 e. The topological polar surface area (TPSA) is 27.6 Å². The molecule has 0 atom stereocenters. The van der Waals surface area contributed by atoms with Gasteiger partial charge in [0.15, 0.2) is 0 Å². The summed E-state index contributed by atoms with van der Waals surface area (Å²) < 4.78 is 0. The molecule has 0 saturated carbocycles. The molecule has 0 saturated heterocycles. The van der Waals surface area contributed by atoms with Gasteiger partial charge in [-0.3, -0.25) is 0 Å². The third-order valence-corrected chi connectivity index (χ3v) is 1.65. The molecule has 0 aliphatic heterocycles. The van der Waals surface area contributed by atoms with Crippen LogP contribution in [-0.2, 0) is 6.54 Å². The maximum absolute atomic E-state index is 5.72. The van der Waals surface area contributed by atoms with Crippen molar-refractivity contribution in [2.75, 3.05) is 0 Å². The van der Waals surface area contributed by atoms with Gasteiger partial charge in [-0.15, -0.1) is 0 Å². The monoisotopic (exact) mass is 211 g/mol. The van der Waals surface area contributed by atoms with Crippen molar-refractivity contribution in [2.24, 2.45) is 0 Å². The van der Waals surface area contributed by atoms with E-state index in [0.29, 0.717) is 10.0 Å². The van der Waals surface area contributed by atoms with E-state index in [9.17, 15) is 0 Å². The first-order chi connectivity index (χ1) is 4.72. The first-order valence-corrected chi connectivity index (χ1v) is 3.72. The average molecular weight is 213 g/mol. The first kappa shape index (κ1) is 11.1. The van der Waals surface area contributed by atoms with Gasteiger partial charge in [-0.1, -0.05) is 23.2 Å². The summed E-state index contributed by atoms with van der Waals surface area (Å²) in [5, 5.41) is 1.34. The molecule has 0 fully saturated rings. The molecule has 0 amide bonds. The molecule has 0 aliphatic rings. The van der Waals surface area contributed by atoms with Gasteiger partial charge in [0, 0.05) is 15.6 Å². The zero-order chi connectivity index (χ0) is 7.56. The Labute approximate surface area is 81.9 Å². The van der Waals surface area contributed by atoms with Crippen molar-refractivity contribution in [3.05, 3.63) is 33.8 Å². The Hall–Kier alpha value is 0.0500. The molecule has 1 nitrogen and oxygen atoms in total. The van der Waals surface area contributed by atoms with Crippen LogP contribution in [0.3, 0.4) is 0 Å². The highest BCUT2D eigenvalue weighted by Crippen LogP contribution is 2.17. The molecule has 62 valence electrons. The Balaban J connectivity index is 0.000001000. The van der Waals surface area contributed by atoms with Gasteiger partial charge in [0.25, 0.3) is 0 Å². The third kappa shape index (κ3) is 3.30. The lowest BCUT2D eigenvalue weighted by molar-refractivity contribution is -0.386. The van der Waals surface area contributed by atoms with Crippen molar-refractivity contribution < 1.29 is 18.1 Å². The summed E-state index contributed by atoms with van der Waals surface area (Å²) in [4.78, 5) is 0. The average Bonchev–Trinajstić information content (AvgIpc) is 1.85. The van der Waals surface area contributed by atoms with Gasteiger partial charge in [0.1, 0.15) is 0 Å². The van der Waals surface area contributed by atoms with Gasteiger partial charge in [0.2, 0.25) is 0 Å². The van der Waals surface area contributed by atoms with Crippen molar-refractivity contribution in [3.63, 3.8) is 0 Å². The van der Waals surface area contributed by atoms with E-state index < -0.39 is 0 Å². The molecule has 11 heavy (non-hydrogen) atoms. The van der Waals surface area contributed by atoms with Crippen LogP contribution in [0.5, 0.6) is 0 Å². The normalized spacial score (nSPS) is 9.00. The first-order valence-electron chi connectivity index (χ1n) is 2.96. The van der Waals surface area contributed by atoms with Crippen LogP contribution >= 0.6 is 23.2 Å². The summed E-state index contributed by atoms with van der Waals surface area (Å²) in [6.45, 7) is 0.722. The summed E-state index contributed by atoms with van der Waals surface area (Å²) >= 11 is 11.4. The van der Waals surface area contributed by atoms with Crippen molar-refractivity contribution in [1.29, 1.82) is 0 Å². The van der Waals surface area contributed by atoms with Crippen molar-refractivity contribution in [3.8, 4) is 0 Å². The van der Waals surface area contributed by atoms with Crippen LogP contribution in [0.25, 0.3) is 0 Å². The fraction of sp³-hybridized carbons (Fsp3) is 0.143. The van der Waals surface area contributed by atoms with E-state index in [4.69, 9.17) is 23.2 Å². The second-order valence-corrected chi connectivity index (χ2v) is 2.90. The Morgan fingerprint density at radius 3 is 1.91 bits per heavy atom. The molecular formula is C7H8Cl3N. The van der Waals surface area contributed by atoms with E-state index in [0.717, 1.165) is 12.1 Å². The number of quaternary nitrogens is 1. The zero-order valence-corrected chi connectivity index (χ0v) is 8.05. The second kappa shape index (κ2) is 4.83. The summed E-state index contributed by atoms with van der Waals surface area (Å²) in [7, 11) is 0. The molecule has 0 unspecified atom stereocenters. The van der Waals surface area contributed by atoms with Crippen LogP contribution in [-0.4, -0.2) is 0 Å². The number of halogens is 3. The maximum Gasteiger partial charge on any atom is 0.0998 e. The van der Waals surface area contributed by atoms with Crippen LogP contribution in [0, 0.1) is 0 Å². The Morgan fingerprint density at radius 2 is 1.55 bits per heavy atom. The largest absolute Gasteiger partial charge is 1.00 e. The third-order valence-electron chi connectivity index (χ3n) is 1.21. The summed E-state index contributed by atoms with van der Waals surface area (Å²) in [6.07, 6.45) is 0. The molecular weight excluding hydrogens is 204 g/mol. The van der Waals surface area contributed by atoms with Gasteiger partial charge < -0.3 is 18.1 Å². The van der Waals surface area contributed by atoms with Crippen molar-refractivity contribution in [2.45, 2.75) is 6.54 Å². The molecule has 1 rings (SSSR count). The lowest BCUT2D eigenvalue weighted by Gasteiger charge is -1.95. The van der Waals surface area contributed by atoms with Crippen molar-refractivity contribution >= 4 is 23.2 Å². The molecule has 0 radical (unpaired) electrons. The van der Waals surface area contributed by atoms with E-state index in [2.05, 4.69) is 5.73 Å². The fourth-order valence-electron chi connectivity index (χ4n) is 0.755. The minimum absolute atomic E-state index is 0. The van der Waals surface area contributed by atoms with Crippen LogP contribution in [0.4, 0.5) is 0 Å². The molecule has 0 aliphatic carbocycles. The molecule has 0 bridgehead atoms.